The van der Waals surface area contributed by atoms with Crippen LogP contribution in [-0.4, -0.2) is 55.5 Å². The summed E-state index contributed by atoms with van der Waals surface area (Å²) in [6.07, 6.45) is 8.12. The second-order valence-electron chi connectivity index (χ2n) is 8.16. The lowest BCUT2D eigenvalue weighted by atomic mass is 9.73. The molecule has 2 aromatic heterocycles. The number of aromatic nitrogens is 4. The van der Waals surface area contributed by atoms with Crippen LogP contribution in [0.4, 0.5) is 0 Å². The lowest BCUT2D eigenvalue weighted by Gasteiger charge is -2.48. The molecule has 1 atom stereocenters. The van der Waals surface area contributed by atoms with Crippen molar-refractivity contribution in [2.75, 3.05) is 19.6 Å². The summed E-state index contributed by atoms with van der Waals surface area (Å²) in [6.45, 7) is 7.93. The average molecular weight is 384 g/mol. The van der Waals surface area contributed by atoms with Gasteiger partial charge in [-0.05, 0) is 32.7 Å². The van der Waals surface area contributed by atoms with Crippen molar-refractivity contribution in [3.63, 3.8) is 0 Å². The Bertz CT molecular complexity index is 820. The van der Waals surface area contributed by atoms with Crippen LogP contribution in [0.3, 0.4) is 0 Å². The van der Waals surface area contributed by atoms with Gasteiger partial charge in [0.05, 0.1) is 30.7 Å². The molecule has 1 amide bonds. The number of carbonyl (C=O) groups excluding carboxylic acids is 1. The summed E-state index contributed by atoms with van der Waals surface area (Å²) in [6, 6.07) is 0. The Labute approximate surface area is 165 Å². The average Bonchev–Trinajstić information content (AvgIpc) is 3.14. The van der Waals surface area contributed by atoms with E-state index in [0.29, 0.717) is 31.3 Å². The van der Waals surface area contributed by atoms with E-state index in [1.54, 1.807) is 12.4 Å². The van der Waals surface area contributed by atoms with Gasteiger partial charge < -0.3 is 9.32 Å². The monoisotopic (exact) mass is 384 g/mol. The summed E-state index contributed by atoms with van der Waals surface area (Å²) in [5.74, 6) is 1.59. The second kappa shape index (κ2) is 7.95. The van der Waals surface area contributed by atoms with Gasteiger partial charge in [0.2, 0.25) is 17.7 Å². The molecule has 2 fully saturated rings. The third-order valence-corrected chi connectivity index (χ3v) is 5.85. The Hall–Kier alpha value is -2.35. The van der Waals surface area contributed by atoms with Crippen LogP contribution in [0.25, 0.3) is 0 Å². The van der Waals surface area contributed by atoms with Crippen LogP contribution in [0.5, 0.6) is 0 Å². The Morgan fingerprint density at radius 3 is 2.71 bits per heavy atom. The first-order valence-corrected chi connectivity index (χ1v) is 10.1. The number of likely N-dealkylation sites (tertiary alicyclic amines) is 2. The molecule has 2 aliphatic rings. The normalized spacial score (nSPS) is 23.5. The van der Waals surface area contributed by atoms with E-state index in [9.17, 15) is 4.79 Å². The molecule has 0 radical (unpaired) electrons. The molecule has 28 heavy (non-hydrogen) atoms. The number of carbonyl (C=O) groups is 1. The van der Waals surface area contributed by atoms with Crippen molar-refractivity contribution in [2.45, 2.75) is 59.0 Å². The molecule has 0 aromatic carbocycles. The third-order valence-electron chi connectivity index (χ3n) is 5.85. The topological polar surface area (TPSA) is 88.3 Å². The molecule has 0 saturated carbocycles. The maximum Gasteiger partial charge on any atom is 0.230 e. The van der Waals surface area contributed by atoms with Gasteiger partial charge in [-0.25, -0.2) is 0 Å². The van der Waals surface area contributed by atoms with Gasteiger partial charge in [-0.2, -0.15) is 0 Å². The van der Waals surface area contributed by atoms with Crippen LogP contribution >= 0.6 is 0 Å². The van der Waals surface area contributed by atoms with Gasteiger partial charge in [-0.15, -0.1) is 10.2 Å². The van der Waals surface area contributed by atoms with Crippen molar-refractivity contribution in [1.29, 1.82) is 0 Å². The van der Waals surface area contributed by atoms with Crippen LogP contribution in [0.15, 0.2) is 16.8 Å². The Balaban J connectivity index is 1.42. The summed E-state index contributed by atoms with van der Waals surface area (Å²) in [7, 11) is 0. The van der Waals surface area contributed by atoms with Gasteiger partial charge in [0.1, 0.15) is 0 Å². The minimum absolute atomic E-state index is 0.137. The van der Waals surface area contributed by atoms with Crippen molar-refractivity contribution >= 4 is 5.91 Å². The SMILES string of the molecule is CCc1nnc(CN2CCC[C@@]3(CCC(=O)N(Cc4cnc(C)cn4)C3)C2)o1. The number of amides is 1. The molecule has 0 N–H and O–H groups in total. The Morgan fingerprint density at radius 1 is 1.11 bits per heavy atom. The van der Waals surface area contributed by atoms with Gasteiger partial charge in [-0.1, -0.05) is 6.92 Å². The Kier molecular flexibility index (Phi) is 5.39. The van der Waals surface area contributed by atoms with Crippen LogP contribution in [0, 0.1) is 12.3 Å². The maximum atomic E-state index is 12.5. The largest absolute Gasteiger partial charge is 0.424 e. The molecule has 0 bridgehead atoms. The second-order valence-corrected chi connectivity index (χ2v) is 8.16. The minimum atomic E-state index is 0.137. The van der Waals surface area contributed by atoms with E-state index in [1.807, 2.05) is 18.7 Å². The molecule has 8 nitrogen and oxygen atoms in total. The van der Waals surface area contributed by atoms with E-state index in [0.717, 1.165) is 56.7 Å². The quantitative estimate of drug-likeness (QED) is 0.780. The zero-order valence-electron chi connectivity index (χ0n) is 16.7. The Morgan fingerprint density at radius 2 is 1.96 bits per heavy atom. The molecule has 8 heteroatoms. The fraction of sp³-hybridized carbons (Fsp3) is 0.650. The molecule has 4 rings (SSSR count). The predicted octanol–water partition coefficient (Wildman–Crippen LogP) is 2.14. The number of hydrogen-bond acceptors (Lipinski definition) is 7. The van der Waals surface area contributed by atoms with E-state index >= 15 is 0 Å². The van der Waals surface area contributed by atoms with Gasteiger partial charge in [0, 0.05) is 37.5 Å². The predicted molar refractivity (Wildman–Crippen MR) is 102 cm³/mol. The highest BCUT2D eigenvalue weighted by Gasteiger charge is 2.42. The van der Waals surface area contributed by atoms with E-state index in [-0.39, 0.29) is 11.3 Å². The standard InChI is InChI=1S/C20H28N6O2/c1-3-17-23-24-18(28-17)12-25-8-4-6-20(13-25)7-5-19(27)26(14-20)11-16-10-21-15(2)9-22-16/h9-10H,3-8,11-14H2,1-2H3/t20-/m1/s1. The highest BCUT2D eigenvalue weighted by atomic mass is 16.4. The lowest BCUT2D eigenvalue weighted by Crippen LogP contribution is -2.53. The molecule has 2 aliphatic heterocycles. The molecular weight excluding hydrogens is 356 g/mol. The minimum Gasteiger partial charge on any atom is -0.424 e. The zero-order chi connectivity index (χ0) is 19.6. The van der Waals surface area contributed by atoms with Gasteiger partial charge in [-0.3, -0.25) is 19.7 Å². The molecule has 0 aliphatic carbocycles. The maximum absolute atomic E-state index is 12.5. The highest BCUT2D eigenvalue weighted by Crippen LogP contribution is 2.39. The third kappa shape index (κ3) is 4.22. The first-order chi connectivity index (χ1) is 13.5. The van der Waals surface area contributed by atoms with Crippen molar-refractivity contribution in [3.05, 3.63) is 35.6 Å². The van der Waals surface area contributed by atoms with E-state index in [4.69, 9.17) is 4.42 Å². The molecule has 2 aromatic rings. The van der Waals surface area contributed by atoms with Gasteiger partial charge in [0.25, 0.3) is 0 Å². The molecule has 0 unspecified atom stereocenters. The van der Waals surface area contributed by atoms with Crippen LogP contribution in [0.1, 0.15) is 55.8 Å². The first kappa shape index (κ1) is 19.0. The summed E-state index contributed by atoms with van der Waals surface area (Å²) in [5.41, 5.74) is 1.87. The van der Waals surface area contributed by atoms with Crippen molar-refractivity contribution in [2.24, 2.45) is 5.41 Å². The fourth-order valence-corrected chi connectivity index (χ4v) is 4.41. The van der Waals surface area contributed by atoms with E-state index in [1.165, 1.54) is 0 Å². The number of rotatable bonds is 5. The lowest BCUT2D eigenvalue weighted by molar-refractivity contribution is -0.140. The first-order valence-electron chi connectivity index (χ1n) is 10.1. The van der Waals surface area contributed by atoms with Crippen LogP contribution < -0.4 is 0 Å². The number of aryl methyl sites for hydroxylation is 2. The van der Waals surface area contributed by atoms with Crippen molar-refractivity contribution < 1.29 is 9.21 Å². The molecule has 1 spiro atoms. The fourth-order valence-electron chi connectivity index (χ4n) is 4.41. The summed E-state index contributed by atoms with van der Waals surface area (Å²) in [4.78, 5) is 25.6. The number of nitrogens with zero attached hydrogens (tertiary/aromatic N) is 6. The highest BCUT2D eigenvalue weighted by molar-refractivity contribution is 5.77. The summed E-state index contributed by atoms with van der Waals surface area (Å²) in [5, 5.41) is 8.24. The zero-order valence-corrected chi connectivity index (χ0v) is 16.7. The molecule has 4 heterocycles. The molecule has 150 valence electrons. The van der Waals surface area contributed by atoms with Crippen LogP contribution in [-0.2, 0) is 24.3 Å². The van der Waals surface area contributed by atoms with E-state index < -0.39 is 0 Å². The van der Waals surface area contributed by atoms with Crippen molar-refractivity contribution in [3.8, 4) is 0 Å². The van der Waals surface area contributed by atoms with Crippen LogP contribution in [0.2, 0.25) is 0 Å². The number of hydrogen-bond donors (Lipinski definition) is 0. The van der Waals surface area contributed by atoms with Gasteiger partial charge in [0.15, 0.2) is 0 Å². The summed E-state index contributed by atoms with van der Waals surface area (Å²) < 4.78 is 5.69. The van der Waals surface area contributed by atoms with Crippen molar-refractivity contribution in [1.82, 2.24) is 30.0 Å². The molecular formula is C20H28N6O2. The molecule has 2 saturated heterocycles. The summed E-state index contributed by atoms with van der Waals surface area (Å²) >= 11 is 0. The van der Waals surface area contributed by atoms with E-state index in [2.05, 4.69) is 25.1 Å². The number of piperidine rings is 2. The smallest absolute Gasteiger partial charge is 0.230 e. The van der Waals surface area contributed by atoms with Gasteiger partial charge >= 0.3 is 0 Å².